The van der Waals surface area contributed by atoms with Crippen LogP contribution in [0, 0.1) is 6.92 Å². The van der Waals surface area contributed by atoms with Crippen LogP contribution in [-0.4, -0.2) is 44.9 Å². The van der Waals surface area contributed by atoms with Gasteiger partial charge in [0, 0.05) is 44.1 Å². The number of aromatic nitrogens is 2. The average molecular weight is 316 g/mol. The van der Waals surface area contributed by atoms with Gasteiger partial charge in [-0.15, -0.1) is 0 Å². The van der Waals surface area contributed by atoms with Crippen molar-refractivity contribution in [3.05, 3.63) is 11.3 Å². The van der Waals surface area contributed by atoms with Gasteiger partial charge in [0.25, 0.3) is 10.0 Å². The van der Waals surface area contributed by atoms with Crippen molar-refractivity contribution in [2.45, 2.75) is 50.2 Å². The quantitative estimate of drug-likeness (QED) is 0.552. The van der Waals surface area contributed by atoms with Crippen LogP contribution in [-0.2, 0) is 21.3 Å². The Kier molecular flexibility index (Phi) is 5.74. The Labute approximate surface area is 125 Å². The van der Waals surface area contributed by atoms with Crippen molar-refractivity contribution >= 4 is 10.0 Å². The summed E-state index contributed by atoms with van der Waals surface area (Å²) in [6.45, 7) is 3.41. The Balaban J connectivity index is 1.94. The predicted molar refractivity (Wildman–Crippen MR) is 79.5 cm³/mol. The number of aromatic amines is 1. The Morgan fingerprint density at radius 2 is 2.14 bits per heavy atom. The highest BCUT2D eigenvalue weighted by atomic mass is 32.2. The van der Waals surface area contributed by atoms with Crippen molar-refractivity contribution in [2.24, 2.45) is 0 Å². The monoisotopic (exact) mass is 316 g/mol. The van der Waals surface area contributed by atoms with Gasteiger partial charge in [-0.2, -0.15) is 5.10 Å². The molecule has 0 aromatic carbocycles. The van der Waals surface area contributed by atoms with Crippen molar-refractivity contribution in [3.8, 4) is 0 Å². The van der Waals surface area contributed by atoms with Gasteiger partial charge in [0.2, 0.25) is 0 Å². The van der Waals surface area contributed by atoms with Gasteiger partial charge in [-0.25, -0.2) is 13.1 Å². The summed E-state index contributed by atoms with van der Waals surface area (Å²) in [7, 11) is -1.92. The number of rotatable bonds is 10. The van der Waals surface area contributed by atoms with Crippen LogP contribution in [0.1, 0.15) is 36.9 Å². The van der Waals surface area contributed by atoms with Gasteiger partial charge in [-0.05, 0) is 32.6 Å². The molecule has 1 fully saturated rings. The smallest absolute Gasteiger partial charge is 0.260 e. The third-order valence-corrected chi connectivity index (χ3v) is 4.93. The SMILES string of the molecule is COCCCCNS(=O)(=O)c1n[nH]c(C)c1CNC1CC1. The fourth-order valence-electron chi connectivity index (χ4n) is 2.04. The molecule has 0 bridgehead atoms. The summed E-state index contributed by atoms with van der Waals surface area (Å²) < 4.78 is 32.1. The maximum absolute atomic E-state index is 12.3. The zero-order valence-electron chi connectivity index (χ0n) is 12.6. The summed E-state index contributed by atoms with van der Waals surface area (Å²) in [5.74, 6) is 0. The van der Waals surface area contributed by atoms with Gasteiger partial charge < -0.3 is 10.1 Å². The van der Waals surface area contributed by atoms with Gasteiger partial charge in [-0.3, -0.25) is 5.10 Å². The van der Waals surface area contributed by atoms with Crippen LogP contribution in [0.5, 0.6) is 0 Å². The van der Waals surface area contributed by atoms with E-state index in [-0.39, 0.29) is 5.03 Å². The zero-order valence-corrected chi connectivity index (χ0v) is 13.4. The molecule has 8 heteroatoms. The summed E-state index contributed by atoms with van der Waals surface area (Å²) >= 11 is 0. The first-order chi connectivity index (χ1) is 10.0. The van der Waals surface area contributed by atoms with Crippen molar-refractivity contribution in [1.82, 2.24) is 20.2 Å². The second kappa shape index (κ2) is 7.35. The standard InChI is InChI=1S/C13H24N4O3S/c1-10-12(9-14-11-5-6-11)13(17-16-10)21(18,19)15-7-3-4-8-20-2/h11,14-15H,3-9H2,1-2H3,(H,16,17). The minimum absolute atomic E-state index is 0.111. The molecule has 0 atom stereocenters. The lowest BCUT2D eigenvalue weighted by Crippen LogP contribution is -2.27. The number of nitrogens with zero attached hydrogens (tertiary/aromatic N) is 1. The molecule has 0 unspecified atom stereocenters. The lowest BCUT2D eigenvalue weighted by molar-refractivity contribution is 0.193. The van der Waals surface area contributed by atoms with E-state index >= 15 is 0 Å². The van der Waals surface area contributed by atoms with Crippen molar-refractivity contribution in [1.29, 1.82) is 0 Å². The molecule has 1 aromatic heterocycles. The number of nitrogens with one attached hydrogen (secondary N) is 3. The van der Waals surface area contributed by atoms with E-state index < -0.39 is 10.0 Å². The highest BCUT2D eigenvalue weighted by Gasteiger charge is 2.26. The molecule has 1 aromatic rings. The van der Waals surface area contributed by atoms with Gasteiger partial charge in [0.15, 0.2) is 5.03 Å². The summed E-state index contributed by atoms with van der Waals surface area (Å²) in [4.78, 5) is 0. The fraction of sp³-hybridized carbons (Fsp3) is 0.769. The summed E-state index contributed by atoms with van der Waals surface area (Å²) in [5.41, 5.74) is 1.52. The molecule has 7 nitrogen and oxygen atoms in total. The maximum atomic E-state index is 12.3. The van der Waals surface area contributed by atoms with E-state index in [1.165, 1.54) is 0 Å². The molecule has 2 rings (SSSR count). The average Bonchev–Trinajstić information content (AvgIpc) is 3.19. The highest BCUT2D eigenvalue weighted by molar-refractivity contribution is 7.89. The first-order valence-corrected chi connectivity index (χ1v) is 8.78. The second-order valence-corrected chi connectivity index (χ2v) is 7.07. The Hall–Kier alpha value is -0.960. The molecule has 0 radical (unpaired) electrons. The van der Waals surface area contributed by atoms with E-state index in [9.17, 15) is 8.42 Å². The Morgan fingerprint density at radius 1 is 1.38 bits per heavy atom. The second-order valence-electron chi connectivity index (χ2n) is 5.39. The molecule has 1 saturated carbocycles. The van der Waals surface area contributed by atoms with E-state index in [1.807, 2.05) is 6.92 Å². The number of ether oxygens (including phenoxy) is 1. The fourth-order valence-corrected chi connectivity index (χ4v) is 3.31. The highest BCUT2D eigenvalue weighted by Crippen LogP contribution is 2.21. The largest absolute Gasteiger partial charge is 0.385 e. The van der Waals surface area contributed by atoms with E-state index in [0.29, 0.717) is 25.7 Å². The van der Waals surface area contributed by atoms with E-state index in [4.69, 9.17) is 4.74 Å². The lowest BCUT2D eigenvalue weighted by Gasteiger charge is -2.08. The number of aryl methyl sites for hydroxylation is 1. The maximum Gasteiger partial charge on any atom is 0.260 e. The van der Waals surface area contributed by atoms with Gasteiger partial charge in [0.05, 0.1) is 0 Å². The van der Waals surface area contributed by atoms with E-state index in [1.54, 1.807) is 7.11 Å². The first-order valence-electron chi connectivity index (χ1n) is 7.30. The summed E-state index contributed by atoms with van der Waals surface area (Å²) in [5, 5.41) is 10.2. The van der Waals surface area contributed by atoms with Crippen LogP contribution < -0.4 is 10.0 Å². The lowest BCUT2D eigenvalue weighted by atomic mass is 10.2. The van der Waals surface area contributed by atoms with Gasteiger partial charge in [-0.1, -0.05) is 0 Å². The molecule has 3 N–H and O–H groups in total. The normalized spacial score (nSPS) is 15.5. The van der Waals surface area contributed by atoms with Gasteiger partial charge >= 0.3 is 0 Å². The zero-order chi connectivity index (χ0) is 15.3. The number of H-pyrrole nitrogens is 1. The van der Waals surface area contributed by atoms with Crippen LogP contribution in [0.3, 0.4) is 0 Å². The summed E-state index contributed by atoms with van der Waals surface area (Å²) in [6.07, 6.45) is 3.90. The molecular weight excluding hydrogens is 292 g/mol. The van der Waals surface area contributed by atoms with Crippen LogP contribution in [0.4, 0.5) is 0 Å². The Morgan fingerprint density at radius 3 is 2.81 bits per heavy atom. The minimum atomic E-state index is -3.56. The molecule has 0 aliphatic heterocycles. The van der Waals surface area contributed by atoms with E-state index in [2.05, 4.69) is 20.2 Å². The number of unbranched alkanes of at least 4 members (excludes halogenated alkanes) is 1. The summed E-state index contributed by atoms with van der Waals surface area (Å²) in [6, 6.07) is 0.525. The van der Waals surface area contributed by atoms with Crippen molar-refractivity contribution in [3.63, 3.8) is 0 Å². The molecule has 0 spiro atoms. The number of methoxy groups -OCH3 is 1. The third-order valence-electron chi connectivity index (χ3n) is 3.50. The molecule has 1 aliphatic rings. The van der Waals surface area contributed by atoms with Crippen LogP contribution in [0.15, 0.2) is 5.03 Å². The molecule has 21 heavy (non-hydrogen) atoms. The molecule has 0 saturated heterocycles. The molecular formula is C13H24N4O3S. The number of hydrogen-bond acceptors (Lipinski definition) is 5. The predicted octanol–water partition coefficient (Wildman–Crippen LogP) is 0.675. The van der Waals surface area contributed by atoms with E-state index in [0.717, 1.165) is 36.9 Å². The molecule has 120 valence electrons. The minimum Gasteiger partial charge on any atom is -0.385 e. The number of sulfonamides is 1. The Bertz CT molecular complexity index is 552. The first kappa shape index (κ1) is 16.4. The molecule has 0 amide bonds. The topological polar surface area (TPSA) is 96.1 Å². The van der Waals surface area contributed by atoms with Crippen molar-refractivity contribution in [2.75, 3.05) is 20.3 Å². The van der Waals surface area contributed by atoms with Crippen LogP contribution in [0.2, 0.25) is 0 Å². The van der Waals surface area contributed by atoms with Gasteiger partial charge in [0.1, 0.15) is 0 Å². The van der Waals surface area contributed by atoms with Crippen LogP contribution in [0.25, 0.3) is 0 Å². The molecule has 1 aliphatic carbocycles. The molecule has 1 heterocycles. The van der Waals surface area contributed by atoms with Crippen LogP contribution >= 0.6 is 0 Å². The third kappa shape index (κ3) is 4.77. The van der Waals surface area contributed by atoms with Crippen molar-refractivity contribution < 1.29 is 13.2 Å². The number of hydrogen-bond donors (Lipinski definition) is 3.